The van der Waals surface area contributed by atoms with E-state index in [0.29, 0.717) is 30.1 Å². The van der Waals surface area contributed by atoms with E-state index < -0.39 is 16.1 Å². The molecule has 3 rings (SSSR count). The van der Waals surface area contributed by atoms with Crippen molar-refractivity contribution in [3.8, 4) is 0 Å². The van der Waals surface area contributed by atoms with Crippen LogP contribution in [0.25, 0.3) is 0 Å². The van der Waals surface area contributed by atoms with Gasteiger partial charge in [0.1, 0.15) is 6.04 Å². The molecule has 0 aromatic heterocycles. The number of carbonyl (C=O) groups excluding carboxylic acids is 2. The zero-order chi connectivity index (χ0) is 29.8. The van der Waals surface area contributed by atoms with Gasteiger partial charge in [0.25, 0.3) is 0 Å². The molecule has 41 heavy (non-hydrogen) atoms. The van der Waals surface area contributed by atoms with Gasteiger partial charge in [0.15, 0.2) is 0 Å². The van der Waals surface area contributed by atoms with Crippen LogP contribution in [-0.2, 0) is 32.6 Å². The van der Waals surface area contributed by atoms with Gasteiger partial charge in [-0.1, -0.05) is 85.1 Å². The molecule has 0 fully saturated rings. The molecular weight excluding hydrogens is 558 g/mol. The number of sulfonamides is 1. The van der Waals surface area contributed by atoms with Crippen molar-refractivity contribution in [3.63, 3.8) is 0 Å². The van der Waals surface area contributed by atoms with Crippen LogP contribution in [-0.4, -0.2) is 50.5 Å². The van der Waals surface area contributed by atoms with Gasteiger partial charge in [-0.25, -0.2) is 8.42 Å². The van der Waals surface area contributed by atoms with E-state index in [-0.39, 0.29) is 31.3 Å². The van der Waals surface area contributed by atoms with Gasteiger partial charge >= 0.3 is 0 Å². The number of hydrogen-bond acceptors (Lipinski definition) is 4. The number of amides is 2. The van der Waals surface area contributed by atoms with Gasteiger partial charge in [-0.3, -0.25) is 13.9 Å². The molecule has 9 heteroatoms. The number of nitrogens with one attached hydrogen (secondary N) is 1. The number of anilines is 1. The Kier molecular flexibility index (Phi) is 12.2. The fourth-order valence-corrected chi connectivity index (χ4v) is 5.79. The van der Waals surface area contributed by atoms with E-state index in [4.69, 9.17) is 11.6 Å². The molecule has 3 aromatic rings. The van der Waals surface area contributed by atoms with Crippen molar-refractivity contribution in [2.45, 2.75) is 58.5 Å². The lowest BCUT2D eigenvalue weighted by molar-refractivity contribution is -0.141. The maximum Gasteiger partial charge on any atom is 0.243 e. The van der Waals surface area contributed by atoms with E-state index in [1.54, 1.807) is 29.2 Å². The Morgan fingerprint density at radius 2 is 1.61 bits per heavy atom. The summed E-state index contributed by atoms with van der Waals surface area (Å²) in [5.74, 6) is -0.441. The summed E-state index contributed by atoms with van der Waals surface area (Å²) in [5, 5.41) is 3.56. The lowest BCUT2D eigenvalue weighted by atomic mass is 10.0. The highest BCUT2D eigenvalue weighted by Gasteiger charge is 2.30. The normalized spacial score (nSPS) is 12.0. The Labute approximate surface area is 249 Å². The van der Waals surface area contributed by atoms with Crippen molar-refractivity contribution < 1.29 is 18.0 Å². The molecule has 0 saturated heterocycles. The summed E-state index contributed by atoms with van der Waals surface area (Å²) in [4.78, 5) is 29.0. The monoisotopic (exact) mass is 597 g/mol. The van der Waals surface area contributed by atoms with Crippen LogP contribution in [0.1, 0.15) is 49.3 Å². The molecule has 0 bridgehead atoms. The lowest BCUT2D eigenvalue weighted by Crippen LogP contribution is -2.50. The molecule has 0 unspecified atom stereocenters. The van der Waals surface area contributed by atoms with Crippen LogP contribution in [0.3, 0.4) is 0 Å². The number of aryl methyl sites for hydroxylation is 1. The van der Waals surface area contributed by atoms with Crippen molar-refractivity contribution in [1.82, 2.24) is 10.2 Å². The van der Waals surface area contributed by atoms with Gasteiger partial charge in [-0.2, -0.15) is 0 Å². The van der Waals surface area contributed by atoms with Gasteiger partial charge in [-0.05, 0) is 55.2 Å². The molecular formula is C32H40ClN3O4S. The van der Waals surface area contributed by atoms with Crippen LogP contribution in [0.2, 0.25) is 5.02 Å². The Morgan fingerprint density at radius 1 is 0.927 bits per heavy atom. The number of halogens is 1. The molecule has 0 aliphatic rings. The highest BCUT2D eigenvalue weighted by atomic mass is 35.5. The molecule has 0 spiro atoms. The predicted molar refractivity (Wildman–Crippen MR) is 166 cm³/mol. The summed E-state index contributed by atoms with van der Waals surface area (Å²) in [7, 11) is -3.56. The van der Waals surface area contributed by atoms with Crippen molar-refractivity contribution in [3.05, 3.63) is 101 Å². The maximum absolute atomic E-state index is 13.9. The van der Waals surface area contributed by atoms with Gasteiger partial charge in [-0.15, -0.1) is 0 Å². The standard InChI is InChI=1S/C32H40ClN3O4S/c1-4-5-20-34-32(38)30(23-26-11-7-6-8-12-26)35(24-27-13-9-14-28(33)22-27)31(37)15-10-21-36(41(3,39)40)29-18-16-25(2)17-19-29/h6-9,11-14,16-19,22,30H,4-5,10,15,20-21,23-24H2,1-3H3,(H,34,38)/t30-/m1/s1. The first kappa shape index (κ1) is 32.2. The minimum atomic E-state index is -3.56. The van der Waals surface area contributed by atoms with Crippen molar-refractivity contribution in [2.24, 2.45) is 0 Å². The number of unbranched alkanes of at least 4 members (excludes halogenated alkanes) is 1. The lowest BCUT2D eigenvalue weighted by Gasteiger charge is -2.32. The Balaban J connectivity index is 1.86. The van der Waals surface area contributed by atoms with E-state index in [0.717, 1.165) is 35.8 Å². The fraction of sp³-hybridized carbons (Fsp3) is 0.375. The average molecular weight is 598 g/mol. The number of hydrogen-bond donors (Lipinski definition) is 1. The number of benzene rings is 3. The summed E-state index contributed by atoms with van der Waals surface area (Å²) in [6.07, 6.45) is 3.66. The van der Waals surface area contributed by atoms with E-state index >= 15 is 0 Å². The predicted octanol–water partition coefficient (Wildman–Crippen LogP) is 5.75. The topological polar surface area (TPSA) is 86.8 Å². The highest BCUT2D eigenvalue weighted by Crippen LogP contribution is 2.21. The summed E-state index contributed by atoms with van der Waals surface area (Å²) >= 11 is 6.25. The first-order valence-electron chi connectivity index (χ1n) is 14.0. The minimum absolute atomic E-state index is 0.0754. The van der Waals surface area contributed by atoms with Crippen LogP contribution in [0, 0.1) is 6.92 Å². The SMILES string of the molecule is CCCCNC(=O)[C@@H](Cc1ccccc1)N(Cc1cccc(Cl)c1)C(=O)CCCN(c1ccc(C)cc1)S(C)(=O)=O. The second-order valence-corrected chi connectivity index (χ2v) is 12.6. The van der Waals surface area contributed by atoms with Gasteiger partial charge in [0, 0.05) is 37.5 Å². The zero-order valence-electron chi connectivity index (χ0n) is 24.1. The van der Waals surface area contributed by atoms with Crippen molar-refractivity contribution >= 4 is 39.1 Å². The van der Waals surface area contributed by atoms with E-state index in [2.05, 4.69) is 12.2 Å². The van der Waals surface area contributed by atoms with E-state index in [9.17, 15) is 18.0 Å². The number of rotatable bonds is 15. The second-order valence-electron chi connectivity index (χ2n) is 10.3. The number of carbonyl (C=O) groups is 2. The number of nitrogens with zero attached hydrogens (tertiary/aromatic N) is 2. The first-order chi connectivity index (χ1) is 19.6. The molecule has 3 aromatic carbocycles. The van der Waals surface area contributed by atoms with Crippen molar-refractivity contribution in [2.75, 3.05) is 23.7 Å². The van der Waals surface area contributed by atoms with Gasteiger partial charge in [0.05, 0.1) is 11.9 Å². The maximum atomic E-state index is 13.9. The molecule has 0 aliphatic heterocycles. The summed E-state index contributed by atoms with van der Waals surface area (Å²) in [5.41, 5.74) is 3.33. The third-order valence-electron chi connectivity index (χ3n) is 6.82. The molecule has 2 amide bonds. The van der Waals surface area contributed by atoms with Crippen LogP contribution in [0.15, 0.2) is 78.9 Å². The smallest absolute Gasteiger partial charge is 0.243 e. The molecule has 0 radical (unpaired) electrons. The molecule has 0 heterocycles. The molecule has 1 atom stereocenters. The van der Waals surface area contributed by atoms with E-state index in [1.165, 1.54) is 4.31 Å². The first-order valence-corrected chi connectivity index (χ1v) is 16.2. The molecule has 1 N–H and O–H groups in total. The van der Waals surface area contributed by atoms with Crippen LogP contribution in [0.4, 0.5) is 5.69 Å². The highest BCUT2D eigenvalue weighted by molar-refractivity contribution is 7.92. The van der Waals surface area contributed by atoms with E-state index in [1.807, 2.05) is 61.5 Å². The minimum Gasteiger partial charge on any atom is -0.354 e. The Hall–Kier alpha value is -3.36. The summed E-state index contributed by atoms with van der Waals surface area (Å²) in [6, 6.07) is 23.4. The quantitative estimate of drug-likeness (QED) is 0.226. The van der Waals surface area contributed by atoms with Crippen LogP contribution >= 0.6 is 11.6 Å². The van der Waals surface area contributed by atoms with Gasteiger partial charge in [0.2, 0.25) is 21.8 Å². The molecule has 220 valence electrons. The Morgan fingerprint density at radius 3 is 2.24 bits per heavy atom. The van der Waals surface area contributed by atoms with Crippen LogP contribution in [0.5, 0.6) is 0 Å². The fourth-order valence-electron chi connectivity index (χ4n) is 4.61. The van der Waals surface area contributed by atoms with Gasteiger partial charge < -0.3 is 10.2 Å². The molecule has 0 saturated carbocycles. The van der Waals surface area contributed by atoms with Crippen molar-refractivity contribution in [1.29, 1.82) is 0 Å². The average Bonchev–Trinajstić information content (AvgIpc) is 2.93. The third-order valence-corrected chi connectivity index (χ3v) is 8.25. The molecule has 0 aliphatic carbocycles. The summed E-state index contributed by atoms with van der Waals surface area (Å²) in [6.45, 7) is 4.86. The Bertz CT molecular complexity index is 1380. The largest absolute Gasteiger partial charge is 0.354 e. The zero-order valence-corrected chi connectivity index (χ0v) is 25.6. The second kappa shape index (κ2) is 15.6. The third kappa shape index (κ3) is 10.2. The molecule has 7 nitrogen and oxygen atoms in total. The van der Waals surface area contributed by atoms with Crippen LogP contribution < -0.4 is 9.62 Å². The summed E-state index contributed by atoms with van der Waals surface area (Å²) < 4.78 is 26.5.